The van der Waals surface area contributed by atoms with Crippen LogP contribution in [0.25, 0.3) is 22.9 Å². The monoisotopic (exact) mass is 527 g/mol. The Kier molecular flexibility index (Phi) is 5.32. The Morgan fingerprint density at radius 1 is 1.15 bits per heavy atom. The largest absolute Gasteiger partial charge is 0.493 e. The van der Waals surface area contributed by atoms with Crippen LogP contribution in [0.4, 0.5) is 10.2 Å². The van der Waals surface area contributed by atoms with E-state index in [-0.39, 0.29) is 36.8 Å². The lowest BCUT2D eigenvalue weighted by Crippen LogP contribution is -2.20. The molecule has 11 nitrogen and oxygen atoms in total. The molecular weight excluding hydrogens is 505 g/mol. The molecule has 1 fully saturated rings. The number of aromatic amines is 2. The molecule has 12 heteroatoms. The Morgan fingerprint density at radius 2 is 2.03 bits per heavy atom. The molecule has 1 aliphatic heterocycles. The number of nitrogens with one attached hydrogen (secondary N) is 3. The van der Waals surface area contributed by atoms with Gasteiger partial charge in [0, 0.05) is 17.8 Å². The highest BCUT2D eigenvalue weighted by atomic mass is 19.1. The van der Waals surface area contributed by atoms with Gasteiger partial charge < -0.3 is 24.9 Å². The van der Waals surface area contributed by atoms with Gasteiger partial charge in [-0.1, -0.05) is 12.1 Å². The summed E-state index contributed by atoms with van der Waals surface area (Å²) in [4.78, 5) is 25.9. The van der Waals surface area contributed by atoms with Gasteiger partial charge in [-0.3, -0.25) is 9.98 Å². The van der Waals surface area contributed by atoms with Crippen LogP contribution < -0.4 is 31.2 Å². The summed E-state index contributed by atoms with van der Waals surface area (Å²) < 4.78 is 26.9. The summed E-state index contributed by atoms with van der Waals surface area (Å²) in [6.45, 7) is 0.458. The summed E-state index contributed by atoms with van der Waals surface area (Å²) in [5, 5.41) is 18.3. The highest BCUT2D eigenvalue weighted by Gasteiger charge is 2.21. The Hall–Kier alpha value is -5.13. The van der Waals surface area contributed by atoms with E-state index in [1.165, 1.54) is 12.1 Å². The SMILES string of the molecule is O=c1[nH]c(O)c(/C=c2/cnn3c(=NC4CC4)cc(NCc4cc(F)ccc4-c4ccc5c(c4)OCO5)nc23)[nH]1. The molecule has 3 aromatic heterocycles. The molecule has 4 N–H and O–H groups in total. The minimum Gasteiger partial charge on any atom is -0.493 e. The van der Waals surface area contributed by atoms with E-state index in [0.29, 0.717) is 33.7 Å². The Bertz CT molecular complexity index is 1920. The minimum atomic E-state index is -0.525. The van der Waals surface area contributed by atoms with Crippen molar-refractivity contribution in [3.8, 4) is 28.5 Å². The van der Waals surface area contributed by atoms with Crippen molar-refractivity contribution in [3.05, 3.63) is 86.9 Å². The molecule has 2 aliphatic rings. The van der Waals surface area contributed by atoms with Gasteiger partial charge in [0.2, 0.25) is 12.7 Å². The third-order valence-corrected chi connectivity index (χ3v) is 6.59. The van der Waals surface area contributed by atoms with Crippen LogP contribution in [-0.4, -0.2) is 42.5 Å². The zero-order chi connectivity index (χ0) is 26.5. The third-order valence-electron chi connectivity index (χ3n) is 6.59. The molecule has 0 unspecified atom stereocenters. The molecule has 196 valence electrons. The average molecular weight is 528 g/mol. The van der Waals surface area contributed by atoms with Gasteiger partial charge in [0.05, 0.1) is 12.2 Å². The molecule has 1 aliphatic carbocycles. The maximum atomic E-state index is 14.3. The minimum absolute atomic E-state index is 0.173. The standard InChI is InChI=1S/C27H22FN7O4/c28-17-2-5-19(14-1-6-21-22(9-14)39-13-38-21)15(7-17)11-29-23-10-24(31-18-3-4-18)35-25(33-23)16(12-30-35)8-20-26(36)34-27(37)32-20/h1-2,5-10,12,18,29,36H,3-4,11,13H2,(H2,32,34,37)/b16-8-,31-24?. The van der Waals surface area contributed by atoms with Gasteiger partial charge in [-0.15, -0.1) is 0 Å². The molecule has 39 heavy (non-hydrogen) atoms. The molecule has 4 heterocycles. The molecule has 0 bridgehead atoms. The number of hydrogen-bond acceptors (Lipinski definition) is 8. The number of anilines is 1. The molecule has 0 radical (unpaired) electrons. The molecule has 0 amide bonds. The predicted octanol–water partition coefficient (Wildman–Crippen LogP) is 2.21. The molecule has 1 saturated carbocycles. The normalized spacial score (nSPS) is 15.4. The number of fused-ring (bicyclic) bond motifs is 2. The van der Waals surface area contributed by atoms with Crippen LogP contribution in [0.1, 0.15) is 24.1 Å². The maximum absolute atomic E-state index is 14.3. The van der Waals surface area contributed by atoms with Crippen molar-refractivity contribution in [2.45, 2.75) is 25.4 Å². The van der Waals surface area contributed by atoms with Gasteiger partial charge in [0.25, 0.3) is 0 Å². The lowest BCUT2D eigenvalue weighted by molar-refractivity contribution is 0.174. The Balaban J connectivity index is 1.27. The summed E-state index contributed by atoms with van der Waals surface area (Å²) in [5.74, 6) is 1.21. The van der Waals surface area contributed by atoms with E-state index in [0.717, 1.165) is 29.5 Å². The van der Waals surface area contributed by atoms with Crippen LogP contribution in [0.2, 0.25) is 0 Å². The van der Waals surface area contributed by atoms with Gasteiger partial charge in [0.15, 0.2) is 22.6 Å². The second-order valence-corrected chi connectivity index (χ2v) is 9.40. The van der Waals surface area contributed by atoms with Gasteiger partial charge in [0.1, 0.15) is 17.3 Å². The quantitative estimate of drug-likeness (QED) is 0.265. The first kappa shape index (κ1) is 23.0. The predicted molar refractivity (Wildman–Crippen MR) is 139 cm³/mol. The summed E-state index contributed by atoms with van der Waals surface area (Å²) in [6, 6.07) is 12.3. The highest BCUT2D eigenvalue weighted by molar-refractivity contribution is 5.71. The number of ether oxygens (including phenoxy) is 2. The number of rotatable bonds is 6. The van der Waals surface area contributed by atoms with E-state index in [1.807, 2.05) is 18.2 Å². The summed E-state index contributed by atoms with van der Waals surface area (Å²) in [5.41, 5.74) is 3.23. The fourth-order valence-electron chi connectivity index (χ4n) is 4.53. The van der Waals surface area contributed by atoms with Crippen LogP contribution in [0, 0.1) is 5.82 Å². The number of benzene rings is 2. The fourth-order valence-corrected chi connectivity index (χ4v) is 4.53. The lowest BCUT2D eigenvalue weighted by atomic mass is 9.99. The van der Waals surface area contributed by atoms with Crippen molar-refractivity contribution in [1.82, 2.24) is 24.6 Å². The number of H-pyrrole nitrogens is 2. The number of nitrogens with zero attached hydrogens (tertiary/aromatic N) is 4. The Morgan fingerprint density at radius 3 is 2.85 bits per heavy atom. The van der Waals surface area contributed by atoms with Crippen LogP contribution in [0.5, 0.6) is 17.4 Å². The van der Waals surface area contributed by atoms with Crippen LogP contribution in [0.15, 0.2) is 58.4 Å². The second-order valence-electron chi connectivity index (χ2n) is 9.40. The molecule has 0 atom stereocenters. The van der Waals surface area contributed by atoms with Crippen LogP contribution >= 0.6 is 0 Å². The van der Waals surface area contributed by atoms with Gasteiger partial charge in [-0.25, -0.2) is 14.2 Å². The van der Waals surface area contributed by atoms with Crippen molar-refractivity contribution < 1.29 is 19.0 Å². The summed E-state index contributed by atoms with van der Waals surface area (Å²) >= 11 is 0. The molecule has 7 rings (SSSR count). The lowest BCUT2D eigenvalue weighted by Gasteiger charge is -2.13. The van der Waals surface area contributed by atoms with Crippen molar-refractivity contribution >= 4 is 17.5 Å². The van der Waals surface area contributed by atoms with Gasteiger partial charge >= 0.3 is 5.69 Å². The number of aromatic hydroxyl groups is 1. The van der Waals surface area contributed by atoms with Crippen LogP contribution in [-0.2, 0) is 6.54 Å². The van der Waals surface area contributed by atoms with E-state index >= 15 is 0 Å². The molecule has 0 spiro atoms. The molecule has 0 saturated heterocycles. The van der Waals surface area contributed by atoms with Crippen molar-refractivity contribution in [3.63, 3.8) is 0 Å². The smallest absolute Gasteiger partial charge is 0.326 e. The number of halogens is 1. The maximum Gasteiger partial charge on any atom is 0.326 e. The number of aromatic nitrogens is 5. The van der Waals surface area contributed by atoms with E-state index in [2.05, 4.69) is 20.4 Å². The first-order valence-corrected chi connectivity index (χ1v) is 12.4. The van der Waals surface area contributed by atoms with E-state index < -0.39 is 5.69 Å². The van der Waals surface area contributed by atoms with Crippen molar-refractivity contribution in [2.75, 3.05) is 12.1 Å². The third kappa shape index (κ3) is 4.45. The van der Waals surface area contributed by atoms with Crippen molar-refractivity contribution in [1.29, 1.82) is 0 Å². The first-order valence-electron chi connectivity index (χ1n) is 12.4. The Labute approximate surface area is 219 Å². The second kappa shape index (κ2) is 9.01. The van der Waals surface area contributed by atoms with Gasteiger partial charge in [-0.05, 0) is 59.9 Å². The zero-order valence-corrected chi connectivity index (χ0v) is 20.4. The number of hydrogen-bond donors (Lipinski definition) is 4. The van der Waals surface area contributed by atoms with Crippen LogP contribution in [0.3, 0.4) is 0 Å². The topological polar surface area (TPSA) is 142 Å². The van der Waals surface area contributed by atoms with E-state index in [4.69, 9.17) is 19.5 Å². The number of imidazole rings is 1. The highest BCUT2D eigenvalue weighted by Crippen LogP contribution is 2.37. The van der Waals surface area contributed by atoms with E-state index in [1.54, 1.807) is 28.9 Å². The molecule has 5 aromatic rings. The fraction of sp³-hybridized carbons (Fsp3) is 0.185. The average Bonchev–Trinajstić information content (AvgIpc) is 3.30. The first-order chi connectivity index (χ1) is 19.0. The van der Waals surface area contributed by atoms with Gasteiger partial charge in [-0.2, -0.15) is 9.61 Å². The molecular formula is C27H22FN7O4. The van der Waals surface area contributed by atoms with Crippen molar-refractivity contribution in [2.24, 2.45) is 4.99 Å². The summed E-state index contributed by atoms with van der Waals surface area (Å²) in [7, 11) is 0. The zero-order valence-electron chi connectivity index (χ0n) is 20.4. The van der Waals surface area contributed by atoms with E-state index in [9.17, 15) is 14.3 Å². The molecule has 2 aromatic carbocycles. The summed E-state index contributed by atoms with van der Waals surface area (Å²) in [6.07, 6.45) is 5.19.